The standard InChI is InChI=1S/C21H36N2O3S/c1-2-3-14-19(21(22)24)15-10-7-5-4-6-8-13-18-23-27(25,26)20-16-11-9-12-17-20/h9,11-12,16-17,19,23H,2-8,10,13-15,18H2,1H3,(H2,22,24). The van der Waals surface area contributed by atoms with E-state index in [0.717, 1.165) is 70.6 Å². The molecule has 1 atom stereocenters. The first-order chi connectivity index (χ1) is 13.0. The lowest BCUT2D eigenvalue weighted by Gasteiger charge is -2.12. The van der Waals surface area contributed by atoms with Crippen molar-refractivity contribution in [2.75, 3.05) is 6.54 Å². The highest BCUT2D eigenvalue weighted by Gasteiger charge is 2.14. The summed E-state index contributed by atoms with van der Waals surface area (Å²) in [6.07, 6.45) is 11.5. The molecular weight excluding hydrogens is 360 g/mol. The Morgan fingerprint density at radius 3 is 2.07 bits per heavy atom. The van der Waals surface area contributed by atoms with Crippen molar-refractivity contribution in [1.82, 2.24) is 4.72 Å². The minimum Gasteiger partial charge on any atom is -0.369 e. The minimum atomic E-state index is -3.37. The maximum absolute atomic E-state index is 12.1. The third-order valence-corrected chi connectivity index (χ3v) is 6.36. The monoisotopic (exact) mass is 396 g/mol. The number of sulfonamides is 1. The van der Waals surface area contributed by atoms with Gasteiger partial charge in [0.25, 0.3) is 0 Å². The van der Waals surface area contributed by atoms with Crippen molar-refractivity contribution in [3.05, 3.63) is 30.3 Å². The van der Waals surface area contributed by atoms with E-state index in [-0.39, 0.29) is 11.8 Å². The zero-order chi connectivity index (χ0) is 20.0. The molecule has 3 N–H and O–H groups in total. The first kappa shape index (κ1) is 23.6. The van der Waals surface area contributed by atoms with Gasteiger partial charge in [0.2, 0.25) is 15.9 Å². The van der Waals surface area contributed by atoms with Crippen molar-refractivity contribution in [3.8, 4) is 0 Å². The van der Waals surface area contributed by atoms with Crippen LogP contribution in [0.15, 0.2) is 35.2 Å². The van der Waals surface area contributed by atoms with Gasteiger partial charge in [-0.1, -0.05) is 76.5 Å². The lowest BCUT2D eigenvalue weighted by atomic mass is 9.94. The Hall–Kier alpha value is -1.40. The smallest absolute Gasteiger partial charge is 0.240 e. The Kier molecular flexibility index (Phi) is 12.0. The second-order valence-corrected chi connectivity index (χ2v) is 8.98. The number of amides is 1. The fraction of sp³-hybridized carbons (Fsp3) is 0.667. The van der Waals surface area contributed by atoms with Crippen molar-refractivity contribution in [2.24, 2.45) is 11.7 Å². The van der Waals surface area contributed by atoms with E-state index in [1.165, 1.54) is 0 Å². The predicted molar refractivity (Wildman–Crippen MR) is 111 cm³/mol. The fourth-order valence-corrected chi connectivity index (χ4v) is 4.26. The van der Waals surface area contributed by atoms with E-state index in [1.54, 1.807) is 30.3 Å². The molecule has 1 rings (SSSR count). The topological polar surface area (TPSA) is 89.3 Å². The van der Waals surface area contributed by atoms with Gasteiger partial charge in [0, 0.05) is 12.5 Å². The van der Waals surface area contributed by atoms with Crippen LogP contribution in [0, 0.1) is 5.92 Å². The molecule has 5 nitrogen and oxygen atoms in total. The highest BCUT2D eigenvalue weighted by Crippen LogP contribution is 2.17. The molecule has 0 radical (unpaired) electrons. The van der Waals surface area contributed by atoms with Gasteiger partial charge < -0.3 is 5.73 Å². The van der Waals surface area contributed by atoms with E-state index in [9.17, 15) is 13.2 Å². The number of hydrogen-bond donors (Lipinski definition) is 2. The van der Waals surface area contributed by atoms with E-state index in [4.69, 9.17) is 5.73 Å². The van der Waals surface area contributed by atoms with Crippen LogP contribution in [0.25, 0.3) is 0 Å². The highest BCUT2D eigenvalue weighted by molar-refractivity contribution is 7.89. The highest BCUT2D eigenvalue weighted by atomic mass is 32.2. The molecule has 0 bridgehead atoms. The maximum Gasteiger partial charge on any atom is 0.240 e. The molecule has 1 aromatic carbocycles. The molecule has 27 heavy (non-hydrogen) atoms. The quantitative estimate of drug-likeness (QED) is 0.406. The number of nitrogens with one attached hydrogen (secondary N) is 1. The third-order valence-electron chi connectivity index (χ3n) is 4.88. The number of carbonyl (C=O) groups excluding carboxylic acids is 1. The largest absolute Gasteiger partial charge is 0.369 e. The maximum atomic E-state index is 12.1. The van der Waals surface area contributed by atoms with Gasteiger partial charge in [-0.3, -0.25) is 4.79 Å². The average Bonchev–Trinajstić information content (AvgIpc) is 2.66. The Morgan fingerprint density at radius 2 is 1.48 bits per heavy atom. The van der Waals surface area contributed by atoms with Crippen molar-refractivity contribution in [2.45, 2.75) is 82.4 Å². The molecule has 0 spiro atoms. The lowest BCUT2D eigenvalue weighted by Crippen LogP contribution is -2.24. The molecule has 0 aliphatic heterocycles. The normalized spacial score (nSPS) is 12.8. The molecule has 0 aromatic heterocycles. The SMILES string of the molecule is CCCCC(CCCCCCCCCNS(=O)(=O)c1ccccc1)C(N)=O. The summed E-state index contributed by atoms with van der Waals surface area (Å²) in [4.78, 5) is 11.7. The van der Waals surface area contributed by atoms with E-state index in [1.807, 2.05) is 0 Å². The van der Waals surface area contributed by atoms with Crippen LogP contribution in [0.5, 0.6) is 0 Å². The molecular formula is C21H36N2O3S. The van der Waals surface area contributed by atoms with Crippen molar-refractivity contribution >= 4 is 15.9 Å². The van der Waals surface area contributed by atoms with Gasteiger partial charge in [0.05, 0.1) is 4.90 Å². The summed E-state index contributed by atoms with van der Waals surface area (Å²) in [5, 5.41) is 0. The van der Waals surface area contributed by atoms with Crippen LogP contribution in [0.3, 0.4) is 0 Å². The summed E-state index contributed by atoms with van der Waals surface area (Å²) < 4.78 is 26.8. The van der Waals surface area contributed by atoms with Gasteiger partial charge in [-0.05, 0) is 31.4 Å². The summed E-state index contributed by atoms with van der Waals surface area (Å²) in [6, 6.07) is 8.47. The van der Waals surface area contributed by atoms with E-state index >= 15 is 0 Å². The molecule has 1 unspecified atom stereocenters. The van der Waals surface area contributed by atoms with E-state index < -0.39 is 10.0 Å². The summed E-state index contributed by atoms with van der Waals surface area (Å²) in [6.45, 7) is 2.61. The number of unbranched alkanes of at least 4 members (excludes halogenated alkanes) is 7. The van der Waals surface area contributed by atoms with Gasteiger partial charge in [-0.2, -0.15) is 0 Å². The molecule has 1 amide bonds. The summed E-state index contributed by atoms with van der Waals surface area (Å²) >= 11 is 0. The average molecular weight is 397 g/mol. The second kappa shape index (κ2) is 13.7. The molecule has 0 aliphatic carbocycles. The number of benzene rings is 1. The van der Waals surface area contributed by atoms with Crippen LogP contribution >= 0.6 is 0 Å². The van der Waals surface area contributed by atoms with E-state index in [2.05, 4.69) is 11.6 Å². The first-order valence-corrected chi connectivity index (χ1v) is 11.8. The van der Waals surface area contributed by atoms with E-state index in [0.29, 0.717) is 11.4 Å². The van der Waals surface area contributed by atoms with Gasteiger partial charge in [0.15, 0.2) is 0 Å². The van der Waals surface area contributed by atoms with Crippen LogP contribution in [-0.4, -0.2) is 20.9 Å². The van der Waals surface area contributed by atoms with Crippen LogP contribution in [0.4, 0.5) is 0 Å². The zero-order valence-electron chi connectivity index (χ0n) is 16.7. The Morgan fingerprint density at radius 1 is 0.926 bits per heavy atom. The number of nitrogens with two attached hydrogens (primary N) is 1. The van der Waals surface area contributed by atoms with Crippen LogP contribution in [0.1, 0.15) is 77.6 Å². The number of hydrogen-bond acceptors (Lipinski definition) is 3. The molecule has 154 valence electrons. The second-order valence-electron chi connectivity index (χ2n) is 7.22. The van der Waals surface area contributed by atoms with Gasteiger partial charge in [-0.25, -0.2) is 13.1 Å². The number of rotatable bonds is 16. The zero-order valence-corrected chi connectivity index (χ0v) is 17.5. The Balaban J connectivity index is 2.02. The van der Waals surface area contributed by atoms with Gasteiger partial charge in [0.1, 0.15) is 0 Å². The fourth-order valence-electron chi connectivity index (χ4n) is 3.17. The molecule has 6 heteroatoms. The van der Waals surface area contributed by atoms with Gasteiger partial charge >= 0.3 is 0 Å². The molecule has 0 heterocycles. The van der Waals surface area contributed by atoms with Crippen molar-refractivity contribution in [3.63, 3.8) is 0 Å². The summed E-state index contributed by atoms with van der Waals surface area (Å²) in [5.74, 6) is -0.107. The summed E-state index contributed by atoms with van der Waals surface area (Å²) in [5.41, 5.74) is 5.47. The van der Waals surface area contributed by atoms with Crippen LogP contribution < -0.4 is 10.5 Å². The lowest BCUT2D eigenvalue weighted by molar-refractivity contribution is -0.122. The Bertz CT molecular complexity index is 618. The molecule has 0 saturated carbocycles. The van der Waals surface area contributed by atoms with Crippen LogP contribution in [-0.2, 0) is 14.8 Å². The molecule has 0 saturated heterocycles. The Labute approximate surface area is 165 Å². The molecule has 1 aromatic rings. The van der Waals surface area contributed by atoms with Gasteiger partial charge in [-0.15, -0.1) is 0 Å². The number of primary amides is 1. The molecule has 0 aliphatic rings. The first-order valence-electron chi connectivity index (χ1n) is 10.3. The van der Waals surface area contributed by atoms with Crippen LogP contribution in [0.2, 0.25) is 0 Å². The van der Waals surface area contributed by atoms with Crippen molar-refractivity contribution in [1.29, 1.82) is 0 Å². The third kappa shape index (κ3) is 10.5. The molecule has 0 fully saturated rings. The predicted octanol–water partition coefficient (Wildman–Crippen LogP) is 4.38. The summed E-state index contributed by atoms with van der Waals surface area (Å²) in [7, 11) is -3.37. The number of carbonyl (C=O) groups is 1. The minimum absolute atomic E-state index is 0.0441. The van der Waals surface area contributed by atoms with Crippen molar-refractivity contribution < 1.29 is 13.2 Å².